The van der Waals surface area contributed by atoms with E-state index in [1.165, 1.54) is 0 Å². The van der Waals surface area contributed by atoms with Gasteiger partial charge in [-0.15, -0.1) is 0 Å². The molecule has 2 heterocycles. The van der Waals surface area contributed by atoms with E-state index in [0.717, 1.165) is 18.5 Å². The molecule has 0 aliphatic carbocycles. The zero-order valence-electron chi connectivity index (χ0n) is 17.8. The van der Waals surface area contributed by atoms with Crippen molar-refractivity contribution in [1.82, 2.24) is 9.88 Å². The van der Waals surface area contributed by atoms with Crippen molar-refractivity contribution in [2.45, 2.75) is 46.3 Å². The molecule has 29 heavy (non-hydrogen) atoms. The maximum atomic E-state index is 15.4. The highest BCUT2D eigenvalue weighted by Crippen LogP contribution is 2.50. The van der Waals surface area contributed by atoms with Gasteiger partial charge < -0.3 is 4.99 Å². The zero-order valence-corrected chi connectivity index (χ0v) is 17.8. The second-order valence-electron chi connectivity index (χ2n) is 9.02. The van der Waals surface area contributed by atoms with Gasteiger partial charge in [0.15, 0.2) is 0 Å². The van der Waals surface area contributed by atoms with Crippen molar-refractivity contribution in [2.75, 3.05) is 20.1 Å². The molecule has 1 aliphatic heterocycles. The van der Waals surface area contributed by atoms with E-state index in [0.29, 0.717) is 30.8 Å². The fourth-order valence-corrected chi connectivity index (χ4v) is 4.38. The molecular formula is C24H31F2N3. The SMILES string of the molecule is CN=CCC1(C(C)(C)C)CCN(Cc2ccc(-c3ccccc3)nc2F)CC1F. The number of aliphatic imine (C=N–C) groups is 1. The van der Waals surface area contributed by atoms with Crippen LogP contribution >= 0.6 is 0 Å². The van der Waals surface area contributed by atoms with Crippen molar-refractivity contribution in [1.29, 1.82) is 0 Å². The van der Waals surface area contributed by atoms with E-state index in [4.69, 9.17) is 0 Å². The quantitative estimate of drug-likeness (QED) is 0.487. The van der Waals surface area contributed by atoms with Crippen LogP contribution < -0.4 is 0 Å². The van der Waals surface area contributed by atoms with Gasteiger partial charge in [-0.25, -0.2) is 9.37 Å². The number of rotatable bonds is 5. The smallest absolute Gasteiger partial charge is 0.217 e. The molecule has 0 spiro atoms. The number of likely N-dealkylation sites (tertiary alicyclic amines) is 1. The Labute approximate surface area is 172 Å². The summed E-state index contributed by atoms with van der Waals surface area (Å²) in [6, 6.07) is 13.2. The summed E-state index contributed by atoms with van der Waals surface area (Å²) in [5.41, 5.74) is 1.38. The van der Waals surface area contributed by atoms with Crippen LogP contribution in [0.15, 0.2) is 47.5 Å². The van der Waals surface area contributed by atoms with Crippen LogP contribution in [0.4, 0.5) is 8.78 Å². The van der Waals surface area contributed by atoms with Crippen molar-refractivity contribution in [2.24, 2.45) is 15.8 Å². The first-order chi connectivity index (χ1) is 13.8. The molecule has 1 aromatic carbocycles. The Morgan fingerprint density at radius 2 is 1.93 bits per heavy atom. The molecule has 1 aromatic heterocycles. The van der Waals surface area contributed by atoms with Gasteiger partial charge >= 0.3 is 0 Å². The molecule has 0 saturated carbocycles. The number of pyridine rings is 1. The Bertz CT molecular complexity index is 845. The molecule has 1 fully saturated rings. The number of hydrogen-bond donors (Lipinski definition) is 0. The fourth-order valence-electron chi connectivity index (χ4n) is 4.38. The lowest BCUT2D eigenvalue weighted by Gasteiger charge is -2.51. The predicted octanol–water partition coefficient (Wildman–Crippen LogP) is 5.55. The molecule has 5 heteroatoms. The first-order valence-electron chi connectivity index (χ1n) is 10.2. The average Bonchev–Trinajstić information content (AvgIpc) is 2.69. The van der Waals surface area contributed by atoms with E-state index in [2.05, 4.69) is 30.7 Å². The number of hydrogen-bond acceptors (Lipinski definition) is 3. The number of aromatic nitrogens is 1. The van der Waals surface area contributed by atoms with Crippen LogP contribution in [0.1, 0.15) is 39.2 Å². The van der Waals surface area contributed by atoms with E-state index in [1.54, 1.807) is 13.1 Å². The van der Waals surface area contributed by atoms with Gasteiger partial charge in [0.05, 0.1) is 5.69 Å². The van der Waals surface area contributed by atoms with Gasteiger partial charge in [0.25, 0.3) is 0 Å². The van der Waals surface area contributed by atoms with Gasteiger partial charge in [-0.3, -0.25) is 4.90 Å². The fraction of sp³-hybridized carbons (Fsp3) is 0.500. The molecule has 1 aliphatic rings. The van der Waals surface area contributed by atoms with Crippen molar-refractivity contribution in [3.63, 3.8) is 0 Å². The standard InChI is InChI=1S/C24H31F2N3/c1-23(2,3)24(12-14-27-4)13-15-29(17-21(24)25)16-19-10-11-20(28-22(19)26)18-8-6-5-7-9-18/h5-11,14,21H,12-13,15-17H2,1-4H3. The third kappa shape index (κ3) is 4.55. The lowest BCUT2D eigenvalue weighted by Crippen LogP contribution is -2.54. The van der Waals surface area contributed by atoms with Gasteiger partial charge in [0.1, 0.15) is 6.17 Å². The molecule has 1 saturated heterocycles. The molecule has 0 bridgehead atoms. The second-order valence-corrected chi connectivity index (χ2v) is 9.02. The van der Waals surface area contributed by atoms with Gasteiger partial charge in [0.2, 0.25) is 5.95 Å². The Hall–Kier alpha value is -2.14. The number of alkyl halides is 1. The molecule has 2 atom stereocenters. The molecular weight excluding hydrogens is 368 g/mol. The average molecular weight is 400 g/mol. The molecule has 0 amide bonds. The molecule has 2 aromatic rings. The largest absolute Gasteiger partial charge is 0.301 e. The molecule has 0 radical (unpaired) electrons. The highest BCUT2D eigenvalue weighted by Gasteiger charge is 2.50. The van der Waals surface area contributed by atoms with Crippen LogP contribution in [0.5, 0.6) is 0 Å². The van der Waals surface area contributed by atoms with Crippen molar-refractivity contribution < 1.29 is 8.78 Å². The summed E-state index contributed by atoms with van der Waals surface area (Å²) in [5.74, 6) is -0.479. The molecule has 156 valence electrons. The summed E-state index contributed by atoms with van der Waals surface area (Å²) in [4.78, 5) is 10.2. The van der Waals surface area contributed by atoms with Gasteiger partial charge in [0, 0.05) is 36.7 Å². The minimum atomic E-state index is -0.992. The first-order valence-corrected chi connectivity index (χ1v) is 10.2. The number of nitrogens with zero attached hydrogens (tertiary/aromatic N) is 3. The van der Waals surface area contributed by atoms with Crippen LogP contribution in [0.25, 0.3) is 11.3 Å². The predicted molar refractivity (Wildman–Crippen MR) is 115 cm³/mol. The monoisotopic (exact) mass is 399 g/mol. The highest BCUT2D eigenvalue weighted by molar-refractivity contribution is 5.59. The van der Waals surface area contributed by atoms with E-state index in [9.17, 15) is 4.39 Å². The lowest BCUT2D eigenvalue weighted by atomic mass is 9.59. The lowest BCUT2D eigenvalue weighted by molar-refractivity contribution is -0.0637. The number of halogens is 2. The zero-order chi connectivity index (χ0) is 21.1. The van der Waals surface area contributed by atoms with Crippen molar-refractivity contribution in [3.8, 4) is 11.3 Å². The Balaban J connectivity index is 1.73. The molecule has 0 N–H and O–H groups in total. The van der Waals surface area contributed by atoms with E-state index >= 15 is 4.39 Å². The minimum Gasteiger partial charge on any atom is -0.301 e. The Morgan fingerprint density at radius 3 is 2.52 bits per heavy atom. The van der Waals surface area contributed by atoms with Crippen LogP contribution in [-0.2, 0) is 6.54 Å². The highest BCUT2D eigenvalue weighted by atomic mass is 19.1. The van der Waals surface area contributed by atoms with Gasteiger partial charge in [-0.1, -0.05) is 57.2 Å². The number of benzene rings is 1. The van der Waals surface area contributed by atoms with Crippen LogP contribution in [-0.4, -0.2) is 42.4 Å². The van der Waals surface area contributed by atoms with E-state index < -0.39 is 17.5 Å². The normalized spacial score (nSPS) is 23.6. The maximum Gasteiger partial charge on any atom is 0.217 e. The van der Waals surface area contributed by atoms with Crippen LogP contribution in [0.2, 0.25) is 0 Å². The van der Waals surface area contributed by atoms with Crippen LogP contribution in [0, 0.1) is 16.8 Å². The van der Waals surface area contributed by atoms with E-state index in [-0.39, 0.29) is 5.41 Å². The summed E-state index contributed by atoms with van der Waals surface area (Å²) in [6.07, 6.45) is 2.19. The van der Waals surface area contributed by atoms with Crippen molar-refractivity contribution in [3.05, 3.63) is 54.0 Å². The topological polar surface area (TPSA) is 28.5 Å². The number of piperidine rings is 1. The Kier molecular flexibility index (Phi) is 6.47. The van der Waals surface area contributed by atoms with Gasteiger partial charge in [-0.2, -0.15) is 4.39 Å². The Morgan fingerprint density at radius 1 is 1.21 bits per heavy atom. The van der Waals surface area contributed by atoms with E-state index in [1.807, 2.05) is 47.5 Å². The molecule has 3 rings (SSSR count). The summed E-state index contributed by atoms with van der Waals surface area (Å²) in [5, 5.41) is 0. The summed E-state index contributed by atoms with van der Waals surface area (Å²) >= 11 is 0. The summed E-state index contributed by atoms with van der Waals surface area (Å²) in [6.45, 7) is 7.71. The third-order valence-electron chi connectivity index (χ3n) is 6.41. The summed E-state index contributed by atoms with van der Waals surface area (Å²) < 4.78 is 30.1. The maximum absolute atomic E-state index is 15.4. The van der Waals surface area contributed by atoms with Crippen molar-refractivity contribution >= 4 is 6.21 Å². The second kappa shape index (κ2) is 8.70. The summed E-state index contributed by atoms with van der Waals surface area (Å²) in [7, 11) is 1.73. The van der Waals surface area contributed by atoms with Crippen LogP contribution in [0.3, 0.4) is 0 Å². The minimum absolute atomic E-state index is 0.177. The third-order valence-corrected chi connectivity index (χ3v) is 6.41. The molecule has 2 unspecified atom stereocenters. The van der Waals surface area contributed by atoms with Gasteiger partial charge in [-0.05, 0) is 37.1 Å². The first kappa shape index (κ1) is 21.6. The molecule has 3 nitrogen and oxygen atoms in total.